The third kappa shape index (κ3) is 2.70. The SMILES string of the molecule is C=C(C(=O)OC)c1cc(=O)n2c(c1C(=O)OC)CCC2C(=O)OC. The number of aromatic nitrogens is 1. The molecule has 0 saturated carbocycles. The van der Waals surface area contributed by atoms with Gasteiger partial charge < -0.3 is 14.2 Å². The molecule has 0 amide bonds. The second-order valence-electron chi connectivity index (χ2n) is 5.13. The van der Waals surface area contributed by atoms with Crippen LogP contribution in [0.2, 0.25) is 0 Å². The van der Waals surface area contributed by atoms with E-state index in [1.54, 1.807) is 0 Å². The van der Waals surface area contributed by atoms with Crippen LogP contribution < -0.4 is 5.56 Å². The summed E-state index contributed by atoms with van der Waals surface area (Å²) in [6, 6.07) is 0.261. The van der Waals surface area contributed by atoms with Gasteiger partial charge in [0.2, 0.25) is 0 Å². The number of ether oxygens (including phenoxy) is 3. The smallest absolute Gasteiger partial charge is 0.340 e. The van der Waals surface area contributed by atoms with E-state index in [0.29, 0.717) is 12.1 Å². The Hall–Kier alpha value is -2.90. The van der Waals surface area contributed by atoms with Gasteiger partial charge in [-0.25, -0.2) is 14.4 Å². The second kappa shape index (κ2) is 6.69. The summed E-state index contributed by atoms with van der Waals surface area (Å²) in [6.07, 6.45) is 0.585. The van der Waals surface area contributed by atoms with Crippen molar-refractivity contribution < 1.29 is 28.6 Å². The zero-order valence-corrected chi connectivity index (χ0v) is 13.6. The average Bonchev–Trinajstić information content (AvgIpc) is 3.04. The van der Waals surface area contributed by atoms with Crippen LogP contribution in [0, 0.1) is 0 Å². The molecule has 1 aromatic heterocycles. The molecule has 0 radical (unpaired) electrons. The van der Waals surface area contributed by atoms with Gasteiger partial charge in [0, 0.05) is 17.3 Å². The first-order chi connectivity index (χ1) is 11.4. The molecule has 0 spiro atoms. The fourth-order valence-corrected chi connectivity index (χ4v) is 2.82. The lowest BCUT2D eigenvalue weighted by Crippen LogP contribution is -2.30. The molecule has 1 aromatic rings. The van der Waals surface area contributed by atoms with Crippen molar-refractivity contribution >= 4 is 23.5 Å². The quantitative estimate of drug-likeness (QED) is 0.448. The van der Waals surface area contributed by atoms with Gasteiger partial charge in [0.1, 0.15) is 6.04 Å². The fraction of sp³-hybridized carbons (Fsp3) is 0.375. The van der Waals surface area contributed by atoms with Crippen LogP contribution in [0.5, 0.6) is 0 Å². The highest BCUT2D eigenvalue weighted by Gasteiger charge is 2.35. The highest BCUT2D eigenvalue weighted by atomic mass is 16.5. The third-order valence-electron chi connectivity index (χ3n) is 3.94. The first kappa shape index (κ1) is 17.5. The molecule has 128 valence electrons. The lowest BCUT2D eigenvalue weighted by atomic mass is 9.99. The average molecular weight is 335 g/mol. The number of carbonyl (C=O) groups excluding carboxylic acids is 3. The molecule has 1 aliphatic rings. The summed E-state index contributed by atoms with van der Waals surface area (Å²) in [7, 11) is 3.57. The van der Waals surface area contributed by atoms with E-state index in [4.69, 9.17) is 9.47 Å². The van der Waals surface area contributed by atoms with Gasteiger partial charge in [-0.15, -0.1) is 0 Å². The van der Waals surface area contributed by atoms with E-state index in [9.17, 15) is 19.2 Å². The van der Waals surface area contributed by atoms with Gasteiger partial charge >= 0.3 is 17.9 Å². The summed E-state index contributed by atoms with van der Waals surface area (Å²) < 4.78 is 15.3. The Morgan fingerprint density at radius 2 is 1.83 bits per heavy atom. The van der Waals surface area contributed by atoms with Crippen molar-refractivity contribution in [3.63, 3.8) is 0 Å². The van der Waals surface area contributed by atoms with Gasteiger partial charge in [0.05, 0.1) is 32.5 Å². The Labute approximate surface area is 137 Å². The highest BCUT2D eigenvalue weighted by Crippen LogP contribution is 2.31. The molecule has 8 heteroatoms. The van der Waals surface area contributed by atoms with Crippen LogP contribution in [0.25, 0.3) is 5.57 Å². The monoisotopic (exact) mass is 335 g/mol. The zero-order valence-electron chi connectivity index (χ0n) is 13.6. The molecule has 0 N–H and O–H groups in total. The van der Waals surface area contributed by atoms with Gasteiger partial charge in [0.15, 0.2) is 0 Å². The van der Waals surface area contributed by atoms with Crippen LogP contribution in [0.3, 0.4) is 0 Å². The molecule has 1 unspecified atom stereocenters. The minimum Gasteiger partial charge on any atom is -0.467 e. The summed E-state index contributed by atoms with van der Waals surface area (Å²) in [4.78, 5) is 48.3. The largest absolute Gasteiger partial charge is 0.467 e. The zero-order chi connectivity index (χ0) is 18.0. The lowest BCUT2D eigenvalue weighted by Gasteiger charge is -2.17. The Kier molecular flexibility index (Phi) is 4.87. The topological polar surface area (TPSA) is 101 Å². The number of rotatable bonds is 4. The van der Waals surface area contributed by atoms with Gasteiger partial charge in [-0.2, -0.15) is 0 Å². The number of hydrogen-bond acceptors (Lipinski definition) is 7. The van der Waals surface area contributed by atoms with Gasteiger partial charge in [0.25, 0.3) is 5.56 Å². The Balaban J connectivity index is 2.74. The standard InChI is InChI=1S/C16H17NO7/c1-8(14(19)22-2)9-7-12(18)17-10(13(9)16(21)24-4)5-6-11(17)15(20)23-3/h7,11H,1,5-6H2,2-4H3. The van der Waals surface area contributed by atoms with E-state index in [2.05, 4.69) is 11.3 Å². The van der Waals surface area contributed by atoms with E-state index < -0.39 is 29.5 Å². The minimum absolute atomic E-state index is 0.0268. The number of nitrogens with zero attached hydrogens (tertiary/aromatic N) is 1. The Bertz CT molecular complexity index is 790. The van der Waals surface area contributed by atoms with Crippen LogP contribution in [-0.4, -0.2) is 43.8 Å². The van der Waals surface area contributed by atoms with Crippen molar-refractivity contribution in [2.75, 3.05) is 21.3 Å². The van der Waals surface area contributed by atoms with Crippen molar-refractivity contribution in [1.29, 1.82) is 0 Å². The molecule has 1 atom stereocenters. The number of pyridine rings is 1. The maximum atomic E-state index is 12.5. The van der Waals surface area contributed by atoms with Gasteiger partial charge in [-0.05, 0) is 12.8 Å². The molecule has 0 bridgehead atoms. The number of hydrogen-bond donors (Lipinski definition) is 0. The fourth-order valence-electron chi connectivity index (χ4n) is 2.82. The maximum absolute atomic E-state index is 12.5. The highest BCUT2D eigenvalue weighted by molar-refractivity contribution is 6.18. The normalized spacial score (nSPS) is 15.4. The molecule has 2 rings (SSSR count). The van der Waals surface area contributed by atoms with E-state index in [1.165, 1.54) is 25.9 Å². The Morgan fingerprint density at radius 3 is 2.38 bits per heavy atom. The van der Waals surface area contributed by atoms with Gasteiger partial charge in [-0.3, -0.25) is 9.36 Å². The van der Waals surface area contributed by atoms with E-state index in [1.807, 2.05) is 0 Å². The maximum Gasteiger partial charge on any atom is 0.340 e. The number of methoxy groups -OCH3 is 3. The van der Waals surface area contributed by atoms with Crippen molar-refractivity contribution in [2.24, 2.45) is 0 Å². The van der Waals surface area contributed by atoms with Crippen LogP contribution in [0.1, 0.15) is 34.1 Å². The minimum atomic E-state index is -0.818. The summed E-state index contributed by atoms with van der Waals surface area (Å²) in [5.74, 6) is -2.08. The molecule has 24 heavy (non-hydrogen) atoms. The van der Waals surface area contributed by atoms with Crippen molar-refractivity contribution in [3.05, 3.63) is 39.8 Å². The second-order valence-corrected chi connectivity index (χ2v) is 5.13. The third-order valence-corrected chi connectivity index (χ3v) is 3.94. The van der Waals surface area contributed by atoms with E-state index in [-0.39, 0.29) is 23.1 Å². The molecule has 1 aliphatic heterocycles. The van der Waals surface area contributed by atoms with E-state index >= 15 is 0 Å². The molecular formula is C16H17NO7. The first-order valence-corrected chi connectivity index (χ1v) is 7.09. The number of esters is 3. The van der Waals surface area contributed by atoms with Crippen molar-refractivity contribution in [3.8, 4) is 0 Å². The summed E-state index contributed by atoms with van der Waals surface area (Å²) in [6.45, 7) is 3.59. The van der Waals surface area contributed by atoms with Crippen molar-refractivity contribution in [2.45, 2.75) is 18.9 Å². The van der Waals surface area contributed by atoms with Crippen LogP contribution in [-0.2, 0) is 30.2 Å². The van der Waals surface area contributed by atoms with Crippen LogP contribution >= 0.6 is 0 Å². The summed E-state index contributed by atoms with van der Waals surface area (Å²) in [5, 5.41) is 0. The van der Waals surface area contributed by atoms with Gasteiger partial charge in [-0.1, -0.05) is 6.58 Å². The molecule has 2 heterocycles. The first-order valence-electron chi connectivity index (χ1n) is 7.09. The molecule has 8 nitrogen and oxygen atoms in total. The van der Waals surface area contributed by atoms with E-state index in [0.717, 1.165) is 6.07 Å². The molecule has 0 aromatic carbocycles. The Morgan fingerprint density at radius 1 is 1.17 bits per heavy atom. The molecule has 0 aliphatic carbocycles. The van der Waals surface area contributed by atoms with Crippen LogP contribution in [0.4, 0.5) is 0 Å². The lowest BCUT2D eigenvalue weighted by molar-refractivity contribution is -0.144. The predicted octanol–water partition coefficient (Wildman–Crippen LogP) is 0.481. The van der Waals surface area contributed by atoms with Crippen LogP contribution in [0.15, 0.2) is 17.4 Å². The number of carbonyl (C=O) groups is 3. The molecular weight excluding hydrogens is 318 g/mol. The predicted molar refractivity (Wildman–Crippen MR) is 82.5 cm³/mol. The van der Waals surface area contributed by atoms with Crippen molar-refractivity contribution in [1.82, 2.24) is 4.57 Å². The summed E-state index contributed by atoms with van der Waals surface area (Å²) in [5.41, 5.74) is -0.301. The summed E-state index contributed by atoms with van der Waals surface area (Å²) >= 11 is 0. The number of fused-ring (bicyclic) bond motifs is 1. The molecule has 0 fully saturated rings. The molecule has 0 saturated heterocycles.